The minimum absolute atomic E-state index is 0.0262. The number of carbonyl (C=O) groups excluding carboxylic acids is 2. The zero-order valence-electron chi connectivity index (χ0n) is 12.5. The molecular weight excluding hydrogens is 322 g/mol. The molecule has 0 saturated heterocycles. The van der Waals surface area contributed by atoms with Crippen LogP contribution in [0, 0.1) is 23.3 Å². The highest BCUT2D eigenvalue weighted by atomic mass is 19.2. The van der Waals surface area contributed by atoms with Gasteiger partial charge in [0.2, 0.25) is 11.6 Å². The van der Waals surface area contributed by atoms with Crippen LogP contribution in [0.4, 0.5) is 17.6 Å². The molecule has 0 aliphatic carbocycles. The van der Waals surface area contributed by atoms with Gasteiger partial charge in [0.1, 0.15) is 6.54 Å². The Morgan fingerprint density at radius 2 is 1.65 bits per heavy atom. The summed E-state index contributed by atoms with van der Waals surface area (Å²) in [5, 5.41) is 0. The van der Waals surface area contributed by atoms with Gasteiger partial charge in [-0.05, 0) is 13.8 Å². The zero-order chi connectivity index (χ0) is 17.6. The molecule has 0 bridgehead atoms. The number of likely N-dealkylation sites (N-methyl/N-ethyl adjacent to an activating group) is 1. The predicted octanol–water partition coefficient (Wildman–Crippen LogP) is 2.03. The molecule has 0 radical (unpaired) electrons. The minimum atomic E-state index is -1.75. The largest absolute Gasteiger partial charge is 0.477 e. The average molecular weight is 337 g/mol. The van der Waals surface area contributed by atoms with Crippen molar-refractivity contribution in [2.24, 2.45) is 0 Å². The third kappa shape index (κ3) is 4.83. The van der Waals surface area contributed by atoms with Gasteiger partial charge in [-0.25, -0.2) is 8.78 Å². The van der Waals surface area contributed by atoms with E-state index < -0.39 is 47.5 Å². The van der Waals surface area contributed by atoms with Crippen LogP contribution in [0.2, 0.25) is 0 Å². The Balaban J connectivity index is 2.77. The van der Waals surface area contributed by atoms with Crippen LogP contribution in [-0.2, 0) is 14.3 Å². The number of carbonyl (C=O) groups is 2. The van der Waals surface area contributed by atoms with Gasteiger partial charge in [-0.2, -0.15) is 8.78 Å². The zero-order valence-corrected chi connectivity index (χ0v) is 12.5. The second kappa shape index (κ2) is 8.35. The van der Waals surface area contributed by atoms with Crippen molar-refractivity contribution in [1.29, 1.82) is 0 Å². The molecule has 0 unspecified atom stereocenters. The number of hydrogen-bond donors (Lipinski definition) is 0. The van der Waals surface area contributed by atoms with Crippen molar-refractivity contribution >= 4 is 11.9 Å². The van der Waals surface area contributed by atoms with E-state index in [1.54, 1.807) is 13.8 Å². The molecule has 1 amide bonds. The second-order valence-electron chi connectivity index (χ2n) is 4.30. The number of ether oxygens (including phenoxy) is 2. The lowest BCUT2D eigenvalue weighted by atomic mass is 10.3. The van der Waals surface area contributed by atoms with Gasteiger partial charge in [-0.1, -0.05) is 0 Å². The normalized spacial score (nSPS) is 10.3. The molecule has 0 aliphatic rings. The monoisotopic (exact) mass is 337 g/mol. The molecule has 0 N–H and O–H groups in total. The van der Waals surface area contributed by atoms with E-state index in [9.17, 15) is 27.2 Å². The molecule has 1 aromatic rings. The van der Waals surface area contributed by atoms with E-state index in [1.807, 2.05) is 0 Å². The van der Waals surface area contributed by atoms with Gasteiger partial charge in [0.05, 0.1) is 6.61 Å². The van der Waals surface area contributed by atoms with Crippen LogP contribution in [0.5, 0.6) is 5.75 Å². The van der Waals surface area contributed by atoms with Gasteiger partial charge < -0.3 is 14.4 Å². The maximum atomic E-state index is 13.4. The molecule has 1 aromatic carbocycles. The van der Waals surface area contributed by atoms with Crippen molar-refractivity contribution in [3.8, 4) is 5.75 Å². The Morgan fingerprint density at radius 3 is 2.13 bits per heavy atom. The number of nitrogens with zero attached hydrogens (tertiary/aromatic N) is 1. The summed E-state index contributed by atoms with van der Waals surface area (Å²) in [6.07, 6.45) is 0. The van der Waals surface area contributed by atoms with Crippen LogP contribution >= 0.6 is 0 Å². The van der Waals surface area contributed by atoms with Crippen LogP contribution < -0.4 is 4.74 Å². The summed E-state index contributed by atoms with van der Waals surface area (Å²) < 4.78 is 62.0. The third-order valence-corrected chi connectivity index (χ3v) is 2.77. The topological polar surface area (TPSA) is 55.8 Å². The molecule has 9 heteroatoms. The minimum Gasteiger partial charge on any atom is -0.477 e. The predicted molar refractivity (Wildman–Crippen MR) is 70.7 cm³/mol. The molecule has 0 spiro atoms. The lowest BCUT2D eigenvalue weighted by molar-refractivity contribution is -0.149. The van der Waals surface area contributed by atoms with E-state index in [0.29, 0.717) is 0 Å². The molecule has 23 heavy (non-hydrogen) atoms. The summed E-state index contributed by atoms with van der Waals surface area (Å²) in [6, 6.07) is 0.0262. The van der Waals surface area contributed by atoms with Gasteiger partial charge in [0.25, 0.3) is 5.91 Å². The average Bonchev–Trinajstić information content (AvgIpc) is 2.50. The molecular formula is C14H15F4NO4. The molecule has 1 rings (SSSR count). The number of esters is 1. The number of benzene rings is 1. The third-order valence-electron chi connectivity index (χ3n) is 2.77. The smallest absolute Gasteiger partial charge is 0.325 e. The number of hydrogen-bond acceptors (Lipinski definition) is 4. The van der Waals surface area contributed by atoms with Crippen molar-refractivity contribution in [2.45, 2.75) is 13.8 Å². The van der Waals surface area contributed by atoms with Crippen molar-refractivity contribution in [2.75, 3.05) is 26.3 Å². The maximum absolute atomic E-state index is 13.4. The van der Waals surface area contributed by atoms with Gasteiger partial charge in [-0.15, -0.1) is 0 Å². The Hall–Kier alpha value is -2.32. The molecule has 0 fully saturated rings. The highest BCUT2D eigenvalue weighted by molar-refractivity contribution is 5.83. The van der Waals surface area contributed by atoms with Crippen LogP contribution in [0.25, 0.3) is 0 Å². The number of rotatable bonds is 7. The van der Waals surface area contributed by atoms with Crippen molar-refractivity contribution < 1.29 is 36.6 Å². The Kier molecular flexibility index (Phi) is 6.80. The van der Waals surface area contributed by atoms with E-state index >= 15 is 0 Å². The number of halogens is 4. The van der Waals surface area contributed by atoms with Crippen molar-refractivity contribution in [3.05, 3.63) is 29.3 Å². The lowest BCUT2D eigenvalue weighted by Crippen LogP contribution is -2.39. The van der Waals surface area contributed by atoms with Gasteiger partial charge >= 0.3 is 5.97 Å². The molecule has 5 nitrogen and oxygen atoms in total. The maximum Gasteiger partial charge on any atom is 0.325 e. The molecule has 128 valence electrons. The van der Waals surface area contributed by atoms with E-state index in [1.165, 1.54) is 0 Å². The van der Waals surface area contributed by atoms with Gasteiger partial charge in [0.15, 0.2) is 24.0 Å². The fourth-order valence-electron chi connectivity index (χ4n) is 1.64. The standard InChI is InChI=1S/C14H15F4NO4/c1-3-19(6-11(21)22-4-2)10(20)7-23-14-12(17)8(15)5-9(16)13(14)18/h5H,3-4,6-7H2,1-2H3. The van der Waals surface area contributed by atoms with Gasteiger partial charge in [0, 0.05) is 12.6 Å². The van der Waals surface area contributed by atoms with Crippen LogP contribution in [0.3, 0.4) is 0 Å². The SMILES string of the molecule is CCOC(=O)CN(CC)C(=O)COc1c(F)c(F)cc(F)c1F. The van der Waals surface area contributed by atoms with Crippen molar-refractivity contribution in [3.63, 3.8) is 0 Å². The van der Waals surface area contributed by atoms with E-state index in [0.717, 1.165) is 4.90 Å². The summed E-state index contributed by atoms with van der Waals surface area (Å²) in [4.78, 5) is 24.2. The summed E-state index contributed by atoms with van der Waals surface area (Å²) in [5.74, 6) is -9.59. The summed E-state index contributed by atoms with van der Waals surface area (Å²) >= 11 is 0. The Labute approximate surface area is 129 Å². The Morgan fingerprint density at radius 1 is 1.09 bits per heavy atom. The fourth-order valence-corrected chi connectivity index (χ4v) is 1.64. The molecule has 0 atom stereocenters. The number of amides is 1. The highest BCUT2D eigenvalue weighted by Crippen LogP contribution is 2.26. The van der Waals surface area contributed by atoms with Crippen LogP contribution in [-0.4, -0.2) is 43.1 Å². The van der Waals surface area contributed by atoms with Crippen LogP contribution in [0.15, 0.2) is 6.07 Å². The first-order valence-corrected chi connectivity index (χ1v) is 6.70. The summed E-state index contributed by atoms with van der Waals surface area (Å²) in [6.45, 7) is 2.09. The second-order valence-corrected chi connectivity index (χ2v) is 4.30. The van der Waals surface area contributed by atoms with Crippen LogP contribution in [0.1, 0.15) is 13.8 Å². The van der Waals surface area contributed by atoms with Crippen molar-refractivity contribution in [1.82, 2.24) is 4.90 Å². The molecule has 0 aliphatic heterocycles. The molecule has 0 aromatic heterocycles. The van der Waals surface area contributed by atoms with E-state index in [4.69, 9.17) is 0 Å². The first-order chi connectivity index (χ1) is 10.8. The van der Waals surface area contributed by atoms with E-state index in [-0.39, 0.29) is 25.8 Å². The first kappa shape index (κ1) is 18.7. The highest BCUT2D eigenvalue weighted by Gasteiger charge is 2.23. The quantitative estimate of drug-likeness (QED) is 0.434. The summed E-state index contributed by atoms with van der Waals surface area (Å²) in [5.41, 5.74) is 0. The Bertz CT molecular complexity index is 568. The van der Waals surface area contributed by atoms with Gasteiger partial charge in [-0.3, -0.25) is 9.59 Å². The molecule has 0 saturated carbocycles. The first-order valence-electron chi connectivity index (χ1n) is 6.70. The summed E-state index contributed by atoms with van der Waals surface area (Å²) in [7, 11) is 0. The molecule has 0 heterocycles. The lowest BCUT2D eigenvalue weighted by Gasteiger charge is -2.20. The fraction of sp³-hybridized carbons (Fsp3) is 0.429. The van der Waals surface area contributed by atoms with E-state index in [2.05, 4.69) is 9.47 Å².